The molecule has 0 spiro atoms. The molecule has 1 heterocycles. The number of fused-ring (bicyclic) bond motifs is 1. The SMILES string of the molecule is CC.CC1Nc2cc(F)c(F)cc2N1.[HH]. The van der Waals surface area contributed by atoms with E-state index in [0.29, 0.717) is 11.4 Å². The smallest absolute Gasteiger partial charge is 0.161 e. The third kappa shape index (κ3) is 1.95. The molecule has 80 valence electrons. The summed E-state index contributed by atoms with van der Waals surface area (Å²) in [5.74, 6) is -1.64. The maximum absolute atomic E-state index is 12.7. The van der Waals surface area contributed by atoms with Crippen molar-refractivity contribution in [1.82, 2.24) is 0 Å². The molecular weight excluding hydrogens is 186 g/mol. The lowest BCUT2D eigenvalue weighted by Crippen LogP contribution is -2.16. The molecule has 1 aromatic rings. The Hall–Kier alpha value is -1.32. The van der Waals surface area contributed by atoms with E-state index in [1.165, 1.54) is 0 Å². The minimum Gasteiger partial charge on any atom is -0.364 e. The molecule has 0 unspecified atom stereocenters. The molecule has 4 heteroatoms. The van der Waals surface area contributed by atoms with Gasteiger partial charge in [0.2, 0.25) is 0 Å². The molecule has 1 aliphatic rings. The topological polar surface area (TPSA) is 24.1 Å². The van der Waals surface area contributed by atoms with Gasteiger partial charge in [-0.05, 0) is 6.92 Å². The van der Waals surface area contributed by atoms with Gasteiger partial charge in [-0.15, -0.1) is 0 Å². The summed E-state index contributed by atoms with van der Waals surface area (Å²) in [6.45, 7) is 5.87. The molecule has 0 aromatic heterocycles. The molecule has 1 aliphatic heterocycles. The van der Waals surface area contributed by atoms with E-state index in [1.807, 2.05) is 20.8 Å². The van der Waals surface area contributed by atoms with Crippen molar-refractivity contribution in [3.05, 3.63) is 23.8 Å². The number of nitrogens with one attached hydrogen (secondary N) is 2. The first-order valence-corrected chi connectivity index (χ1v) is 4.69. The number of anilines is 2. The van der Waals surface area contributed by atoms with Crippen LogP contribution in [0.15, 0.2) is 12.1 Å². The van der Waals surface area contributed by atoms with Gasteiger partial charge in [0.25, 0.3) is 0 Å². The van der Waals surface area contributed by atoms with E-state index in [-0.39, 0.29) is 7.59 Å². The first kappa shape index (κ1) is 10.8. The molecule has 0 saturated carbocycles. The van der Waals surface area contributed by atoms with Crippen molar-refractivity contribution in [3.8, 4) is 0 Å². The van der Waals surface area contributed by atoms with Crippen molar-refractivity contribution in [3.63, 3.8) is 0 Å². The largest absolute Gasteiger partial charge is 0.364 e. The minimum atomic E-state index is -0.822. The molecule has 1 aromatic carbocycles. The summed E-state index contributed by atoms with van der Waals surface area (Å²) in [5, 5.41) is 5.90. The first-order chi connectivity index (χ1) is 6.66. The summed E-state index contributed by atoms with van der Waals surface area (Å²) >= 11 is 0. The van der Waals surface area contributed by atoms with Gasteiger partial charge in [-0.3, -0.25) is 0 Å². The van der Waals surface area contributed by atoms with E-state index >= 15 is 0 Å². The highest BCUT2D eigenvalue weighted by molar-refractivity contribution is 5.74. The summed E-state index contributed by atoms with van der Waals surface area (Å²) in [4.78, 5) is 0. The molecule has 2 rings (SSSR count). The second-order valence-electron chi connectivity index (χ2n) is 2.82. The van der Waals surface area contributed by atoms with Gasteiger partial charge >= 0.3 is 0 Å². The fraction of sp³-hybridized carbons (Fsp3) is 0.400. The van der Waals surface area contributed by atoms with Crippen LogP contribution in [-0.4, -0.2) is 6.17 Å². The molecule has 0 atom stereocenters. The predicted molar refractivity (Wildman–Crippen MR) is 56.5 cm³/mol. The summed E-state index contributed by atoms with van der Waals surface area (Å²) in [7, 11) is 0. The average Bonchev–Trinajstić information content (AvgIpc) is 2.49. The Bertz CT molecular complexity index is 300. The van der Waals surface area contributed by atoms with Crippen LogP contribution in [-0.2, 0) is 0 Å². The maximum atomic E-state index is 12.7. The summed E-state index contributed by atoms with van der Waals surface area (Å²) in [6, 6.07) is 2.31. The van der Waals surface area contributed by atoms with Gasteiger partial charge in [0, 0.05) is 13.6 Å². The van der Waals surface area contributed by atoms with Crippen LogP contribution in [0, 0.1) is 11.6 Å². The first-order valence-electron chi connectivity index (χ1n) is 4.69. The van der Waals surface area contributed by atoms with Gasteiger partial charge < -0.3 is 10.6 Å². The zero-order valence-corrected chi connectivity index (χ0v) is 8.49. The Labute approximate surface area is 83.8 Å². The van der Waals surface area contributed by atoms with Crippen molar-refractivity contribution in [1.29, 1.82) is 0 Å². The fourth-order valence-corrected chi connectivity index (χ4v) is 1.29. The van der Waals surface area contributed by atoms with Crippen LogP contribution in [0.5, 0.6) is 0 Å². The highest BCUT2D eigenvalue weighted by atomic mass is 19.2. The van der Waals surface area contributed by atoms with Gasteiger partial charge in [0.1, 0.15) is 0 Å². The molecular formula is C10H16F2N2. The van der Waals surface area contributed by atoms with Crippen LogP contribution in [0.3, 0.4) is 0 Å². The lowest BCUT2D eigenvalue weighted by molar-refractivity contribution is 0.510. The van der Waals surface area contributed by atoms with E-state index in [2.05, 4.69) is 10.6 Å². The summed E-state index contributed by atoms with van der Waals surface area (Å²) in [6.07, 6.45) is 0.0289. The zero-order chi connectivity index (χ0) is 10.7. The van der Waals surface area contributed by atoms with Crippen molar-refractivity contribution in [2.45, 2.75) is 26.9 Å². The standard InChI is InChI=1S/C8H8F2N2.C2H6.H2/c1-4-11-7-2-5(9)6(10)3-8(7)12-4;1-2;/h2-4,11-12H,1H3;1-2H3;1H. The normalized spacial score (nSPS) is 13.5. The van der Waals surface area contributed by atoms with Crippen LogP contribution >= 0.6 is 0 Å². The Morgan fingerprint density at radius 3 is 1.79 bits per heavy atom. The van der Waals surface area contributed by atoms with Crippen LogP contribution in [0.1, 0.15) is 22.2 Å². The Morgan fingerprint density at radius 2 is 1.43 bits per heavy atom. The van der Waals surface area contributed by atoms with Gasteiger partial charge in [-0.1, -0.05) is 13.8 Å². The quantitative estimate of drug-likeness (QED) is 0.673. The number of benzene rings is 1. The number of hydrogen-bond donors (Lipinski definition) is 2. The fourth-order valence-electron chi connectivity index (χ4n) is 1.29. The van der Waals surface area contributed by atoms with Crippen molar-refractivity contribution in [2.75, 3.05) is 10.6 Å². The van der Waals surface area contributed by atoms with Crippen LogP contribution in [0.25, 0.3) is 0 Å². The van der Waals surface area contributed by atoms with Gasteiger partial charge in [-0.2, -0.15) is 0 Å². The Kier molecular flexibility index (Phi) is 3.28. The third-order valence-electron chi connectivity index (χ3n) is 1.80. The predicted octanol–water partition coefficient (Wildman–Crippen LogP) is 3.42. The Morgan fingerprint density at radius 1 is 1.07 bits per heavy atom. The number of rotatable bonds is 0. The highest BCUT2D eigenvalue weighted by Crippen LogP contribution is 2.30. The Balaban J connectivity index is 0.000000617. The lowest BCUT2D eigenvalue weighted by Gasteiger charge is -2.01. The molecule has 0 aliphatic carbocycles. The molecule has 0 bridgehead atoms. The second kappa shape index (κ2) is 4.26. The van der Waals surface area contributed by atoms with Gasteiger partial charge in [0.15, 0.2) is 11.6 Å². The van der Waals surface area contributed by atoms with E-state index in [4.69, 9.17) is 0 Å². The second-order valence-corrected chi connectivity index (χ2v) is 2.82. The zero-order valence-electron chi connectivity index (χ0n) is 8.49. The van der Waals surface area contributed by atoms with Crippen molar-refractivity contribution < 1.29 is 10.2 Å². The minimum absolute atomic E-state index is 0. The lowest BCUT2D eigenvalue weighted by atomic mass is 10.2. The van der Waals surface area contributed by atoms with E-state index in [9.17, 15) is 8.78 Å². The van der Waals surface area contributed by atoms with E-state index in [1.54, 1.807) is 0 Å². The van der Waals surface area contributed by atoms with Crippen LogP contribution in [0.4, 0.5) is 20.2 Å². The third-order valence-corrected chi connectivity index (χ3v) is 1.80. The molecule has 14 heavy (non-hydrogen) atoms. The van der Waals surface area contributed by atoms with Gasteiger partial charge in [-0.25, -0.2) is 8.78 Å². The van der Waals surface area contributed by atoms with E-state index in [0.717, 1.165) is 12.1 Å². The molecule has 0 radical (unpaired) electrons. The van der Waals surface area contributed by atoms with Crippen LogP contribution in [0.2, 0.25) is 0 Å². The number of hydrogen-bond acceptors (Lipinski definition) is 2. The molecule has 0 saturated heterocycles. The molecule has 2 N–H and O–H groups in total. The molecule has 2 nitrogen and oxygen atoms in total. The van der Waals surface area contributed by atoms with Crippen molar-refractivity contribution in [2.24, 2.45) is 0 Å². The van der Waals surface area contributed by atoms with E-state index < -0.39 is 11.6 Å². The monoisotopic (exact) mass is 202 g/mol. The average molecular weight is 202 g/mol. The molecule has 0 amide bonds. The van der Waals surface area contributed by atoms with Crippen molar-refractivity contribution >= 4 is 11.4 Å². The maximum Gasteiger partial charge on any atom is 0.161 e. The highest BCUT2D eigenvalue weighted by Gasteiger charge is 2.17. The summed E-state index contributed by atoms with van der Waals surface area (Å²) in [5.41, 5.74) is 1.22. The summed E-state index contributed by atoms with van der Waals surface area (Å²) < 4.78 is 25.3. The molecule has 0 fully saturated rings. The number of halogens is 2. The van der Waals surface area contributed by atoms with Crippen LogP contribution < -0.4 is 10.6 Å². The van der Waals surface area contributed by atoms with Gasteiger partial charge in [0.05, 0.1) is 17.5 Å².